The number of nitrogens with zero attached hydrogens (tertiary/aromatic N) is 5. The highest BCUT2D eigenvalue weighted by Gasteiger charge is 2.27. The fourth-order valence-corrected chi connectivity index (χ4v) is 3.43. The Kier molecular flexibility index (Phi) is 7.17. The van der Waals surface area contributed by atoms with Crippen molar-refractivity contribution in [1.82, 2.24) is 24.0 Å². The third kappa shape index (κ3) is 4.76. The number of carbonyl (C=O) groups is 1. The molecule has 1 aromatic heterocycles. The summed E-state index contributed by atoms with van der Waals surface area (Å²) in [5, 5.41) is 3.74. The van der Waals surface area contributed by atoms with Crippen molar-refractivity contribution in [3.63, 3.8) is 0 Å². The van der Waals surface area contributed by atoms with Crippen molar-refractivity contribution in [2.45, 2.75) is 32.3 Å². The van der Waals surface area contributed by atoms with Crippen LogP contribution in [-0.2, 0) is 10.0 Å². The van der Waals surface area contributed by atoms with Crippen molar-refractivity contribution in [3.05, 3.63) is 17.9 Å². The van der Waals surface area contributed by atoms with E-state index >= 15 is 0 Å². The number of amides is 1. The molecule has 10 heteroatoms. The number of rotatable bonds is 8. The van der Waals surface area contributed by atoms with Gasteiger partial charge in [-0.2, -0.15) is 8.99 Å². The van der Waals surface area contributed by atoms with Crippen LogP contribution in [0.2, 0.25) is 0 Å². The van der Waals surface area contributed by atoms with E-state index in [4.69, 9.17) is 11.6 Å². The maximum atomic E-state index is 12.4. The molecule has 0 aliphatic heterocycles. The molecule has 23 heavy (non-hydrogen) atoms. The zero-order valence-corrected chi connectivity index (χ0v) is 15.1. The van der Waals surface area contributed by atoms with E-state index in [0.717, 1.165) is 17.4 Å². The molecule has 0 N–H and O–H groups in total. The first-order valence-electron chi connectivity index (χ1n) is 7.32. The van der Waals surface area contributed by atoms with E-state index in [0.29, 0.717) is 24.7 Å². The molecule has 0 unspecified atom stereocenters. The molecule has 1 heterocycles. The van der Waals surface area contributed by atoms with Gasteiger partial charge in [-0.15, -0.1) is 5.10 Å². The number of hydrogen-bond donors (Lipinski definition) is 0. The van der Waals surface area contributed by atoms with Crippen LogP contribution in [0.1, 0.15) is 27.2 Å². The maximum absolute atomic E-state index is 12.4. The van der Waals surface area contributed by atoms with E-state index < -0.39 is 21.2 Å². The lowest BCUT2D eigenvalue weighted by atomic mass is 10.4. The smallest absolute Gasteiger partial charge is 0.318 e. The van der Waals surface area contributed by atoms with Crippen LogP contribution in [0.25, 0.3) is 0 Å². The summed E-state index contributed by atoms with van der Waals surface area (Å²) in [5.74, 6) is 0. The van der Waals surface area contributed by atoms with Crippen molar-refractivity contribution < 1.29 is 13.2 Å². The molecule has 0 spiro atoms. The van der Waals surface area contributed by atoms with Crippen molar-refractivity contribution in [1.29, 1.82) is 0 Å². The Labute approximate surface area is 141 Å². The topological polar surface area (TPSA) is 88.4 Å². The van der Waals surface area contributed by atoms with Gasteiger partial charge in [0.15, 0.2) is 0 Å². The van der Waals surface area contributed by atoms with Crippen LogP contribution in [-0.4, -0.2) is 64.6 Å². The lowest BCUT2D eigenvalue weighted by Crippen LogP contribution is -2.37. The van der Waals surface area contributed by atoms with Gasteiger partial charge >= 0.3 is 6.03 Å². The minimum Gasteiger partial charge on any atom is -0.318 e. The molecule has 0 saturated carbocycles. The summed E-state index contributed by atoms with van der Waals surface area (Å²) >= 11 is 5.76. The summed E-state index contributed by atoms with van der Waals surface area (Å²) in [6, 6.07) is -0.498. The average molecular weight is 364 g/mol. The molecule has 0 aromatic carbocycles. The van der Waals surface area contributed by atoms with Gasteiger partial charge in [-0.3, -0.25) is 0 Å². The van der Waals surface area contributed by atoms with E-state index in [-0.39, 0.29) is 6.54 Å². The summed E-state index contributed by atoms with van der Waals surface area (Å²) < 4.78 is 26.8. The Morgan fingerprint density at radius 3 is 2.43 bits per heavy atom. The van der Waals surface area contributed by atoms with Crippen LogP contribution in [0.15, 0.2) is 23.1 Å². The molecule has 1 amide bonds. The fraction of sp³-hybridized carbons (Fsp3) is 0.615. The van der Waals surface area contributed by atoms with Crippen molar-refractivity contribution >= 4 is 27.7 Å². The van der Waals surface area contributed by atoms with E-state index in [2.05, 4.69) is 16.7 Å². The molecular formula is C13H22ClN5O3S. The molecule has 0 aliphatic rings. The molecule has 0 aliphatic carbocycles. The van der Waals surface area contributed by atoms with Gasteiger partial charge in [0.2, 0.25) is 0 Å². The van der Waals surface area contributed by atoms with Crippen molar-refractivity contribution in [3.8, 4) is 0 Å². The van der Waals surface area contributed by atoms with Gasteiger partial charge in [-0.05, 0) is 6.42 Å². The van der Waals surface area contributed by atoms with Crippen LogP contribution in [0.5, 0.6) is 0 Å². The molecule has 0 bridgehead atoms. The molecule has 0 atom stereocenters. The predicted octanol–water partition coefficient (Wildman–Crippen LogP) is 1.74. The van der Waals surface area contributed by atoms with E-state index in [1.54, 1.807) is 13.8 Å². The van der Waals surface area contributed by atoms with E-state index in [1.807, 2.05) is 6.92 Å². The first-order chi connectivity index (χ1) is 10.8. The van der Waals surface area contributed by atoms with Crippen molar-refractivity contribution in [2.75, 3.05) is 26.2 Å². The van der Waals surface area contributed by atoms with E-state index in [9.17, 15) is 13.2 Å². The molecule has 0 fully saturated rings. The predicted molar refractivity (Wildman–Crippen MR) is 87.8 cm³/mol. The first-order valence-corrected chi connectivity index (χ1v) is 9.14. The second-order valence-corrected chi connectivity index (χ2v) is 7.15. The zero-order chi connectivity index (χ0) is 17.6. The number of sulfonamides is 1. The van der Waals surface area contributed by atoms with Crippen LogP contribution in [0, 0.1) is 0 Å². The monoisotopic (exact) mass is 363 g/mol. The molecule has 0 saturated heterocycles. The quantitative estimate of drug-likeness (QED) is 0.701. The third-order valence-corrected chi connectivity index (χ3v) is 5.03. The van der Waals surface area contributed by atoms with Gasteiger partial charge in [-0.25, -0.2) is 18.2 Å². The van der Waals surface area contributed by atoms with Crippen LogP contribution in [0.4, 0.5) is 4.79 Å². The van der Waals surface area contributed by atoms with Crippen LogP contribution in [0.3, 0.4) is 0 Å². The molecule has 130 valence electrons. The van der Waals surface area contributed by atoms with Gasteiger partial charge in [-0.1, -0.05) is 39.0 Å². The Balaban J connectivity index is 3.06. The highest BCUT2D eigenvalue weighted by Crippen LogP contribution is 2.11. The Morgan fingerprint density at radius 1 is 1.35 bits per heavy atom. The Bertz CT molecular complexity index is 654. The highest BCUT2D eigenvalue weighted by molar-refractivity contribution is 7.88. The minimum atomic E-state index is -3.80. The Hall–Kier alpha value is -1.45. The number of hydrogen-bond acceptors (Lipinski definition) is 5. The lowest BCUT2D eigenvalue weighted by molar-refractivity contribution is 0.201. The average Bonchev–Trinajstić information content (AvgIpc) is 2.97. The van der Waals surface area contributed by atoms with Gasteiger partial charge in [0.25, 0.3) is 15.2 Å². The summed E-state index contributed by atoms with van der Waals surface area (Å²) in [7, 11) is -3.80. The SMILES string of the molecule is C=C(Cl)CN(CCC)C(=O)n1cnc(S(=O)(=O)N(CC)CC)n1. The van der Waals surface area contributed by atoms with Crippen LogP contribution >= 0.6 is 11.6 Å². The third-order valence-electron chi connectivity index (χ3n) is 3.07. The van der Waals surface area contributed by atoms with E-state index in [1.165, 1.54) is 9.21 Å². The molecule has 0 radical (unpaired) electrons. The maximum Gasteiger partial charge on any atom is 0.346 e. The first kappa shape index (κ1) is 19.6. The van der Waals surface area contributed by atoms with Gasteiger partial charge in [0.1, 0.15) is 6.33 Å². The number of carbonyl (C=O) groups excluding carboxylic acids is 1. The molecular weight excluding hydrogens is 342 g/mol. The largest absolute Gasteiger partial charge is 0.346 e. The number of halogens is 1. The normalized spacial score (nSPS) is 11.7. The summed E-state index contributed by atoms with van der Waals surface area (Å²) in [6.07, 6.45) is 1.81. The van der Waals surface area contributed by atoms with Gasteiger partial charge in [0.05, 0.1) is 6.54 Å². The summed E-state index contributed by atoms with van der Waals surface area (Å²) in [5.41, 5.74) is 0. The van der Waals surface area contributed by atoms with Gasteiger partial charge in [0, 0.05) is 24.7 Å². The standard InChI is InChI=1S/C13H22ClN5O3S/c1-5-8-17(9-11(4)14)13(20)19-10-15-12(16-19)23(21,22)18(6-2)7-3/h10H,4-9H2,1-3H3. The number of aromatic nitrogens is 3. The molecule has 1 aromatic rings. The van der Waals surface area contributed by atoms with Crippen molar-refractivity contribution in [2.24, 2.45) is 0 Å². The minimum absolute atomic E-state index is 0.159. The highest BCUT2D eigenvalue weighted by atomic mass is 35.5. The zero-order valence-electron chi connectivity index (χ0n) is 13.6. The molecule has 8 nitrogen and oxygen atoms in total. The second-order valence-electron chi connectivity index (χ2n) is 4.78. The summed E-state index contributed by atoms with van der Waals surface area (Å²) in [4.78, 5) is 17.6. The fourth-order valence-electron chi connectivity index (χ4n) is 2.00. The molecule has 1 rings (SSSR count). The van der Waals surface area contributed by atoms with Crippen LogP contribution < -0.4 is 0 Å². The lowest BCUT2D eigenvalue weighted by Gasteiger charge is -2.20. The summed E-state index contributed by atoms with van der Waals surface area (Å²) in [6.45, 7) is 10.1. The van der Waals surface area contributed by atoms with Gasteiger partial charge < -0.3 is 4.90 Å². The second kappa shape index (κ2) is 8.42. The Morgan fingerprint density at radius 2 is 1.96 bits per heavy atom.